The number of hydrogen-bond donors (Lipinski definition) is 0. The van der Waals surface area contributed by atoms with Crippen LogP contribution in [0.4, 0.5) is 0 Å². The molecule has 2 nitrogen and oxygen atoms in total. The van der Waals surface area contributed by atoms with E-state index in [0.717, 1.165) is 27.7 Å². The molecule has 0 radical (unpaired) electrons. The number of pyridine rings is 1. The lowest BCUT2D eigenvalue weighted by Gasteiger charge is -2.09. The molecule has 2 heteroatoms. The van der Waals surface area contributed by atoms with Gasteiger partial charge < -0.3 is 0 Å². The highest BCUT2D eigenvalue weighted by molar-refractivity contribution is 6.01. The Morgan fingerprint density at radius 1 is 1.20 bits per heavy atom. The molecule has 15 heavy (non-hydrogen) atoms. The van der Waals surface area contributed by atoms with Crippen LogP contribution in [0.1, 0.15) is 28.5 Å². The molecule has 0 atom stereocenters. The summed E-state index contributed by atoms with van der Waals surface area (Å²) in [5.74, 6) is 0.0863. The van der Waals surface area contributed by atoms with Crippen molar-refractivity contribution >= 4 is 16.7 Å². The van der Waals surface area contributed by atoms with Crippen LogP contribution < -0.4 is 0 Å². The molecular formula is C13H13NO. The number of nitrogens with zero attached hydrogens (tertiary/aromatic N) is 1. The molecule has 0 fully saturated rings. The van der Waals surface area contributed by atoms with E-state index in [4.69, 9.17) is 0 Å². The van der Waals surface area contributed by atoms with Crippen LogP contribution in [0.5, 0.6) is 0 Å². The normalized spacial score (nSPS) is 10.6. The van der Waals surface area contributed by atoms with Gasteiger partial charge in [0.25, 0.3) is 0 Å². The number of fused-ring (bicyclic) bond motifs is 1. The summed E-state index contributed by atoms with van der Waals surface area (Å²) in [6.07, 6.45) is 0. The maximum atomic E-state index is 11.5. The van der Waals surface area contributed by atoms with Gasteiger partial charge in [-0.2, -0.15) is 0 Å². The van der Waals surface area contributed by atoms with E-state index < -0.39 is 0 Å². The van der Waals surface area contributed by atoms with Gasteiger partial charge >= 0.3 is 0 Å². The number of ketones is 1. The number of para-hydroxylation sites is 1. The van der Waals surface area contributed by atoms with E-state index in [1.807, 2.05) is 38.1 Å². The minimum Gasteiger partial charge on any atom is -0.294 e. The van der Waals surface area contributed by atoms with E-state index in [9.17, 15) is 4.79 Å². The third kappa shape index (κ3) is 1.52. The second-order valence-electron chi connectivity index (χ2n) is 3.77. The minimum absolute atomic E-state index is 0.0863. The highest BCUT2D eigenvalue weighted by Crippen LogP contribution is 2.22. The Morgan fingerprint density at radius 2 is 1.87 bits per heavy atom. The van der Waals surface area contributed by atoms with Crippen molar-refractivity contribution in [2.24, 2.45) is 0 Å². The first-order valence-corrected chi connectivity index (χ1v) is 4.98. The summed E-state index contributed by atoms with van der Waals surface area (Å²) in [7, 11) is 0. The molecule has 0 amide bonds. The molecule has 1 aromatic carbocycles. The maximum absolute atomic E-state index is 11.5. The fourth-order valence-corrected chi connectivity index (χ4v) is 2.05. The molecule has 76 valence electrons. The van der Waals surface area contributed by atoms with Crippen molar-refractivity contribution < 1.29 is 4.79 Å². The van der Waals surface area contributed by atoms with Crippen LogP contribution >= 0.6 is 0 Å². The number of Topliss-reactive ketones (excluding diaryl/α,β-unsaturated/α-hetero) is 1. The molecule has 0 spiro atoms. The van der Waals surface area contributed by atoms with Crippen molar-refractivity contribution in [2.75, 3.05) is 0 Å². The van der Waals surface area contributed by atoms with E-state index in [1.165, 1.54) is 0 Å². The van der Waals surface area contributed by atoms with Crippen LogP contribution in [0.3, 0.4) is 0 Å². The maximum Gasteiger partial charge on any atom is 0.161 e. The van der Waals surface area contributed by atoms with Gasteiger partial charge in [0.05, 0.1) is 5.52 Å². The minimum atomic E-state index is 0.0863. The Labute approximate surface area is 89.0 Å². The lowest BCUT2D eigenvalue weighted by atomic mass is 9.99. The van der Waals surface area contributed by atoms with Gasteiger partial charge in [-0.15, -0.1) is 0 Å². The third-order valence-electron chi connectivity index (χ3n) is 2.69. The fourth-order valence-electron chi connectivity index (χ4n) is 2.05. The lowest BCUT2D eigenvalue weighted by molar-refractivity contribution is 0.101. The summed E-state index contributed by atoms with van der Waals surface area (Å²) in [4.78, 5) is 15.9. The van der Waals surface area contributed by atoms with Crippen molar-refractivity contribution in [3.63, 3.8) is 0 Å². The summed E-state index contributed by atoms with van der Waals surface area (Å²) in [6.45, 7) is 5.45. The van der Waals surface area contributed by atoms with Crippen molar-refractivity contribution in [1.82, 2.24) is 4.98 Å². The first-order valence-electron chi connectivity index (χ1n) is 4.98. The zero-order chi connectivity index (χ0) is 11.0. The van der Waals surface area contributed by atoms with E-state index in [-0.39, 0.29) is 5.78 Å². The van der Waals surface area contributed by atoms with E-state index in [0.29, 0.717) is 0 Å². The molecule has 1 aromatic heterocycles. The summed E-state index contributed by atoms with van der Waals surface area (Å²) >= 11 is 0. The number of carbonyl (C=O) groups is 1. The van der Waals surface area contributed by atoms with Gasteiger partial charge in [0.1, 0.15) is 0 Å². The largest absolute Gasteiger partial charge is 0.294 e. The number of benzene rings is 1. The molecule has 1 heterocycles. The van der Waals surface area contributed by atoms with Crippen LogP contribution in [0.25, 0.3) is 10.9 Å². The van der Waals surface area contributed by atoms with Crippen LogP contribution in [0.15, 0.2) is 24.3 Å². The topological polar surface area (TPSA) is 30.0 Å². The number of aryl methyl sites for hydroxylation is 2. The van der Waals surface area contributed by atoms with Gasteiger partial charge in [0.15, 0.2) is 5.78 Å². The Morgan fingerprint density at radius 3 is 2.53 bits per heavy atom. The Kier molecular flexibility index (Phi) is 2.27. The molecule has 0 N–H and O–H groups in total. The highest BCUT2D eigenvalue weighted by Gasteiger charge is 2.11. The van der Waals surface area contributed by atoms with Gasteiger partial charge in [0, 0.05) is 16.6 Å². The van der Waals surface area contributed by atoms with Crippen LogP contribution in [-0.2, 0) is 0 Å². The standard InChI is InChI=1S/C13H13NO/c1-8-11-6-4-5-7-12(11)14-9(2)13(8)10(3)15/h4-7H,1-3H3. The number of hydrogen-bond acceptors (Lipinski definition) is 2. The van der Waals surface area contributed by atoms with Crippen molar-refractivity contribution in [3.05, 3.63) is 41.1 Å². The zero-order valence-corrected chi connectivity index (χ0v) is 9.16. The van der Waals surface area contributed by atoms with Gasteiger partial charge in [-0.1, -0.05) is 18.2 Å². The van der Waals surface area contributed by atoms with Crippen LogP contribution in [0, 0.1) is 13.8 Å². The summed E-state index contributed by atoms with van der Waals surface area (Å²) < 4.78 is 0. The second kappa shape index (κ2) is 3.46. The highest BCUT2D eigenvalue weighted by atomic mass is 16.1. The average Bonchev–Trinajstić information content (AvgIpc) is 2.17. The first-order chi connectivity index (χ1) is 7.11. The average molecular weight is 199 g/mol. The third-order valence-corrected chi connectivity index (χ3v) is 2.69. The van der Waals surface area contributed by atoms with Crippen molar-refractivity contribution in [3.8, 4) is 0 Å². The van der Waals surface area contributed by atoms with Gasteiger partial charge in [-0.05, 0) is 32.4 Å². The molecule has 0 bridgehead atoms. The number of aromatic nitrogens is 1. The van der Waals surface area contributed by atoms with Crippen molar-refractivity contribution in [2.45, 2.75) is 20.8 Å². The molecule has 0 saturated carbocycles. The molecule has 0 aliphatic heterocycles. The monoisotopic (exact) mass is 199 g/mol. The molecular weight excluding hydrogens is 186 g/mol. The van der Waals surface area contributed by atoms with Crippen LogP contribution in [0.2, 0.25) is 0 Å². The molecule has 0 unspecified atom stereocenters. The zero-order valence-electron chi connectivity index (χ0n) is 9.16. The van der Waals surface area contributed by atoms with Crippen molar-refractivity contribution in [1.29, 1.82) is 0 Å². The lowest BCUT2D eigenvalue weighted by Crippen LogP contribution is -2.03. The Hall–Kier alpha value is -1.70. The van der Waals surface area contributed by atoms with Gasteiger partial charge in [-0.25, -0.2) is 0 Å². The smallest absolute Gasteiger partial charge is 0.161 e. The molecule has 2 aromatic rings. The predicted molar refractivity (Wildman–Crippen MR) is 61.2 cm³/mol. The molecule has 0 aliphatic rings. The van der Waals surface area contributed by atoms with Crippen LogP contribution in [-0.4, -0.2) is 10.8 Å². The number of carbonyl (C=O) groups excluding carboxylic acids is 1. The Balaban J connectivity index is 2.90. The molecule has 0 saturated heterocycles. The molecule has 0 aliphatic carbocycles. The molecule has 2 rings (SSSR count). The Bertz CT molecular complexity index is 543. The van der Waals surface area contributed by atoms with E-state index in [2.05, 4.69) is 4.98 Å². The quantitative estimate of drug-likeness (QED) is 0.661. The van der Waals surface area contributed by atoms with E-state index in [1.54, 1.807) is 6.92 Å². The summed E-state index contributed by atoms with van der Waals surface area (Å²) in [5, 5.41) is 1.06. The summed E-state index contributed by atoms with van der Waals surface area (Å²) in [5.41, 5.74) is 3.57. The second-order valence-corrected chi connectivity index (χ2v) is 3.77. The first kappa shape index (κ1) is 9.84. The van der Waals surface area contributed by atoms with Gasteiger partial charge in [-0.3, -0.25) is 9.78 Å². The van der Waals surface area contributed by atoms with E-state index >= 15 is 0 Å². The van der Waals surface area contributed by atoms with Gasteiger partial charge in [0.2, 0.25) is 0 Å². The SMILES string of the molecule is CC(=O)c1c(C)nc2ccccc2c1C. The fraction of sp³-hybridized carbons (Fsp3) is 0.231. The predicted octanol–water partition coefficient (Wildman–Crippen LogP) is 3.05. The summed E-state index contributed by atoms with van der Waals surface area (Å²) in [6, 6.07) is 7.90. The number of rotatable bonds is 1.